The van der Waals surface area contributed by atoms with E-state index >= 15 is 0 Å². The summed E-state index contributed by atoms with van der Waals surface area (Å²) in [7, 11) is 0. The number of para-hydroxylation sites is 1. The van der Waals surface area contributed by atoms with Crippen molar-refractivity contribution in [3.05, 3.63) is 92.5 Å². The van der Waals surface area contributed by atoms with Crippen molar-refractivity contribution in [1.82, 2.24) is 14.7 Å². The first-order valence-electron chi connectivity index (χ1n) is 9.88. The molecule has 0 aliphatic rings. The van der Waals surface area contributed by atoms with E-state index in [1.165, 1.54) is 18.2 Å². The highest BCUT2D eigenvalue weighted by Crippen LogP contribution is 2.14. The first-order valence-corrected chi connectivity index (χ1v) is 9.88. The third-order valence-corrected chi connectivity index (χ3v) is 4.72. The summed E-state index contributed by atoms with van der Waals surface area (Å²) in [5, 5.41) is 4.19. The number of rotatable bonds is 6. The van der Waals surface area contributed by atoms with Gasteiger partial charge in [-0.1, -0.05) is 37.2 Å². The number of esters is 1. The molecule has 0 atom stereocenters. The molecule has 0 unspecified atom stereocenters. The monoisotopic (exact) mass is 419 g/mol. The molecule has 0 spiro atoms. The molecule has 4 aromatic rings. The maximum Gasteiger partial charge on any atom is 0.338 e. The number of nitrogens with zero attached hydrogens (tertiary/aromatic N) is 2. The Kier molecular flexibility index (Phi) is 5.53. The molecular formula is C23H21N3O5. The molecule has 0 saturated heterocycles. The number of ether oxygens (including phenoxy) is 1. The van der Waals surface area contributed by atoms with E-state index < -0.39 is 17.2 Å². The molecule has 1 N–H and O–H groups in total. The molecule has 2 aromatic carbocycles. The van der Waals surface area contributed by atoms with E-state index in [9.17, 15) is 14.4 Å². The summed E-state index contributed by atoms with van der Waals surface area (Å²) in [5.74, 6) is 0.567. The maximum atomic E-state index is 12.8. The van der Waals surface area contributed by atoms with Crippen molar-refractivity contribution in [2.45, 2.75) is 26.9 Å². The van der Waals surface area contributed by atoms with Gasteiger partial charge in [-0.3, -0.25) is 4.79 Å². The topological polar surface area (TPSA) is 107 Å². The molecule has 8 nitrogen and oxygen atoms in total. The van der Waals surface area contributed by atoms with Crippen LogP contribution in [0.4, 0.5) is 0 Å². The molecule has 0 aliphatic carbocycles. The van der Waals surface area contributed by atoms with Gasteiger partial charge < -0.3 is 14.2 Å². The lowest BCUT2D eigenvalue weighted by Crippen LogP contribution is -2.33. The Balaban J connectivity index is 1.56. The van der Waals surface area contributed by atoms with Gasteiger partial charge in [0.2, 0.25) is 0 Å². The van der Waals surface area contributed by atoms with Gasteiger partial charge >= 0.3 is 11.7 Å². The molecular weight excluding hydrogens is 398 g/mol. The number of fused-ring (bicyclic) bond motifs is 1. The third kappa shape index (κ3) is 4.32. The Bertz CT molecular complexity index is 1350. The Hall–Kier alpha value is -3.94. The number of carbonyl (C=O) groups excluding carboxylic acids is 1. The van der Waals surface area contributed by atoms with E-state index in [1.807, 2.05) is 0 Å². The highest BCUT2D eigenvalue weighted by Gasteiger charge is 2.14. The van der Waals surface area contributed by atoms with Gasteiger partial charge in [-0.05, 0) is 36.2 Å². The predicted molar refractivity (Wildman–Crippen MR) is 114 cm³/mol. The Morgan fingerprint density at radius 1 is 1.13 bits per heavy atom. The van der Waals surface area contributed by atoms with Gasteiger partial charge in [0.25, 0.3) is 5.56 Å². The van der Waals surface area contributed by atoms with Gasteiger partial charge in [-0.15, -0.1) is 0 Å². The van der Waals surface area contributed by atoms with Crippen LogP contribution in [-0.4, -0.2) is 20.7 Å². The van der Waals surface area contributed by atoms with Gasteiger partial charge in [0.05, 0.1) is 22.2 Å². The van der Waals surface area contributed by atoms with E-state index in [2.05, 4.69) is 24.0 Å². The molecule has 0 amide bonds. The summed E-state index contributed by atoms with van der Waals surface area (Å²) in [6.07, 6.45) is 0.749. The summed E-state index contributed by atoms with van der Waals surface area (Å²) < 4.78 is 11.6. The van der Waals surface area contributed by atoms with Crippen molar-refractivity contribution in [2.75, 3.05) is 0 Å². The summed E-state index contributed by atoms with van der Waals surface area (Å²) >= 11 is 0. The van der Waals surface area contributed by atoms with Gasteiger partial charge in [-0.25, -0.2) is 14.2 Å². The zero-order chi connectivity index (χ0) is 22.0. The van der Waals surface area contributed by atoms with Crippen LogP contribution >= 0.6 is 0 Å². The zero-order valence-electron chi connectivity index (χ0n) is 17.1. The van der Waals surface area contributed by atoms with Crippen LogP contribution in [0.15, 0.2) is 68.7 Å². The van der Waals surface area contributed by atoms with Crippen molar-refractivity contribution < 1.29 is 14.1 Å². The van der Waals surface area contributed by atoms with Crippen LogP contribution in [0.5, 0.6) is 0 Å². The van der Waals surface area contributed by atoms with Crippen LogP contribution in [-0.2, 0) is 17.8 Å². The molecule has 158 valence electrons. The summed E-state index contributed by atoms with van der Waals surface area (Å²) in [6, 6.07) is 14.8. The van der Waals surface area contributed by atoms with Crippen molar-refractivity contribution >= 4 is 16.9 Å². The summed E-state index contributed by atoms with van der Waals surface area (Å²) in [5.41, 5.74) is 0.398. The van der Waals surface area contributed by atoms with Crippen LogP contribution < -0.4 is 11.2 Å². The Morgan fingerprint density at radius 2 is 1.90 bits per heavy atom. The molecule has 8 heteroatoms. The quantitative estimate of drug-likeness (QED) is 0.481. The first-order chi connectivity index (χ1) is 14.9. The van der Waals surface area contributed by atoms with E-state index in [4.69, 9.17) is 9.26 Å². The van der Waals surface area contributed by atoms with E-state index in [1.54, 1.807) is 36.4 Å². The second kappa shape index (κ2) is 8.43. The second-order valence-corrected chi connectivity index (χ2v) is 7.63. The predicted octanol–water partition coefficient (Wildman–Crippen LogP) is 3.22. The smallest absolute Gasteiger partial charge is 0.338 e. The lowest BCUT2D eigenvalue weighted by Gasteiger charge is -2.07. The van der Waals surface area contributed by atoms with Crippen molar-refractivity contribution in [3.8, 4) is 5.69 Å². The van der Waals surface area contributed by atoms with E-state index in [0.29, 0.717) is 17.3 Å². The molecule has 2 aromatic heterocycles. The number of hydrogen-bond acceptors (Lipinski definition) is 6. The van der Waals surface area contributed by atoms with Crippen LogP contribution in [0.25, 0.3) is 16.6 Å². The Labute approximate surface area is 177 Å². The molecule has 2 heterocycles. The minimum Gasteiger partial charge on any atom is -0.455 e. The van der Waals surface area contributed by atoms with E-state index in [0.717, 1.165) is 16.7 Å². The first kappa shape index (κ1) is 20.3. The number of hydrogen-bond donors (Lipinski definition) is 1. The molecule has 31 heavy (non-hydrogen) atoms. The Morgan fingerprint density at radius 3 is 2.65 bits per heavy atom. The molecule has 4 rings (SSSR count). The lowest BCUT2D eigenvalue weighted by molar-refractivity contribution is 0.0464. The minimum absolute atomic E-state index is 0.0371. The summed E-state index contributed by atoms with van der Waals surface area (Å²) in [6.45, 7) is 4.10. The molecule has 0 bridgehead atoms. The van der Waals surface area contributed by atoms with Crippen molar-refractivity contribution in [2.24, 2.45) is 5.92 Å². The lowest BCUT2D eigenvalue weighted by atomic mass is 10.1. The second-order valence-electron chi connectivity index (χ2n) is 7.63. The largest absolute Gasteiger partial charge is 0.455 e. The molecule has 0 saturated carbocycles. The number of carbonyl (C=O) groups is 1. The van der Waals surface area contributed by atoms with Gasteiger partial charge in [0.1, 0.15) is 18.1 Å². The molecule has 0 radical (unpaired) electrons. The van der Waals surface area contributed by atoms with Gasteiger partial charge in [-0.2, -0.15) is 0 Å². The molecule has 0 fully saturated rings. The average Bonchev–Trinajstić information content (AvgIpc) is 3.19. The SMILES string of the molecule is CC(C)Cc1cc(COC(=O)c2ccc3c(=O)n(-c4ccccc4)c(=O)[nH]c3c2)no1. The van der Waals surface area contributed by atoms with Crippen LogP contribution in [0.1, 0.15) is 35.7 Å². The van der Waals surface area contributed by atoms with Crippen LogP contribution in [0.2, 0.25) is 0 Å². The normalized spacial score (nSPS) is 11.2. The fourth-order valence-electron chi connectivity index (χ4n) is 3.30. The number of H-pyrrole nitrogens is 1. The minimum atomic E-state index is -0.594. The van der Waals surface area contributed by atoms with Crippen molar-refractivity contribution in [1.29, 1.82) is 0 Å². The number of benzene rings is 2. The van der Waals surface area contributed by atoms with Crippen LogP contribution in [0.3, 0.4) is 0 Å². The molecule has 0 aliphatic heterocycles. The standard InChI is InChI=1S/C23H21N3O5/c1-14(2)10-18-12-16(25-31-18)13-30-22(28)15-8-9-19-20(11-15)24-23(29)26(21(19)27)17-6-4-3-5-7-17/h3-9,11-12,14H,10,13H2,1-2H3,(H,24,29). The fraction of sp³-hybridized carbons (Fsp3) is 0.217. The fourth-order valence-corrected chi connectivity index (χ4v) is 3.30. The number of aromatic nitrogens is 3. The number of aromatic amines is 1. The highest BCUT2D eigenvalue weighted by atomic mass is 16.5. The van der Waals surface area contributed by atoms with Gasteiger partial charge in [0, 0.05) is 12.5 Å². The van der Waals surface area contributed by atoms with E-state index in [-0.39, 0.29) is 23.1 Å². The van der Waals surface area contributed by atoms with Gasteiger partial charge in [0.15, 0.2) is 0 Å². The summed E-state index contributed by atoms with van der Waals surface area (Å²) in [4.78, 5) is 40.4. The van der Waals surface area contributed by atoms with Crippen LogP contribution in [0, 0.1) is 5.92 Å². The number of nitrogens with one attached hydrogen (secondary N) is 1. The van der Waals surface area contributed by atoms with Crippen molar-refractivity contribution in [3.63, 3.8) is 0 Å². The average molecular weight is 419 g/mol. The third-order valence-electron chi connectivity index (χ3n) is 4.72. The highest BCUT2D eigenvalue weighted by molar-refractivity contribution is 5.94. The maximum absolute atomic E-state index is 12.8. The zero-order valence-corrected chi connectivity index (χ0v) is 17.1.